The Morgan fingerprint density at radius 1 is 1.36 bits per heavy atom. The highest BCUT2D eigenvalue weighted by atomic mass is 35.5. The van der Waals surface area contributed by atoms with E-state index in [-0.39, 0.29) is 0 Å². The maximum atomic E-state index is 6.33. The van der Waals surface area contributed by atoms with Crippen LogP contribution in [0, 0.1) is 5.92 Å². The highest BCUT2D eigenvalue weighted by Gasteiger charge is 2.22. The van der Waals surface area contributed by atoms with Gasteiger partial charge < -0.3 is 0 Å². The van der Waals surface area contributed by atoms with Gasteiger partial charge >= 0.3 is 0 Å². The van der Waals surface area contributed by atoms with Crippen LogP contribution in [-0.2, 0) is 6.42 Å². The molecule has 0 aromatic carbocycles. The fourth-order valence-electron chi connectivity index (χ4n) is 2.27. The largest absolute Gasteiger partial charge is 0.152 e. The van der Waals surface area contributed by atoms with Gasteiger partial charge in [0.1, 0.15) is 0 Å². The van der Waals surface area contributed by atoms with Crippen LogP contribution < -0.4 is 0 Å². The molecule has 0 bridgehead atoms. The van der Waals surface area contributed by atoms with Gasteiger partial charge in [0.15, 0.2) is 0 Å². The summed E-state index contributed by atoms with van der Waals surface area (Å²) < 4.78 is 0. The smallest absolute Gasteiger partial charge is 0.0364 e. The van der Waals surface area contributed by atoms with E-state index in [1.54, 1.807) is 11.3 Å². The Morgan fingerprint density at radius 2 is 2.21 bits per heavy atom. The van der Waals surface area contributed by atoms with Crippen molar-refractivity contribution in [3.05, 3.63) is 22.4 Å². The highest BCUT2D eigenvalue weighted by Crippen LogP contribution is 2.31. The van der Waals surface area contributed by atoms with Crippen LogP contribution in [0.4, 0.5) is 0 Å². The minimum absolute atomic E-state index is 0.447. The maximum absolute atomic E-state index is 6.33. The number of rotatable bonds is 3. The second kappa shape index (κ2) is 5.18. The van der Waals surface area contributed by atoms with Crippen molar-refractivity contribution < 1.29 is 0 Å². The van der Waals surface area contributed by atoms with Gasteiger partial charge in [0.2, 0.25) is 0 Å². The third-order valence-corrected chi connectivity index (χ3v) is 4.51. The van der Waals surface area contributed by atoms with Gasteiger partial charge in [-0.3, -0.25) is 0 Å². The van der Waals surface area contributed by atoms with Crippen LogP contribution in [-0.4, -0.2) is 5.38 Å². The van der Waals surface area contributed by atoms with E-state index in [1.165, 1.54) is 44.1 Å². The van der Waals surface area contributed by atoms with Crippen molar-refractivity contribution in [2.24, 2.45) is 5.92 Å². The van der Waals surface area contributed by atoms with Gasteiger partial charge in [-0.05, 0) is 54.0 Å². The molecule has 1 aliphatic carbocycles. The molecule has 2 unspecified atom stereocenters. The molecule has 2 atom stereocenters. The van der Waals surface area contributed by atoms with Gasteiger partial charge in [-0.25, -0.2) is 0 Å². The second-order valence-electron chi connectivity index (χ2n) is 4.23. The molecule has 14 heavy (non-hydrogen) atoms. The molecule has 0 radical (unpaired) electrons. The summed E-state index contributed by atoms with van der Waals surface area (Å²) in [6.07, 6.45) is 7.80. The van der Waals surface area contributed by atoms with Gasteiger partial charge in [0.25, 0.3) is 0 Å². The van der Waals surface area contributed by atoms with Gasteiger partial charge in [-0.15, -0.1) is 11.6 Å². The topological polar surface area (TPSA) is 0 Å². The normalized spacial score (nSPS) is 27.8. The van der Waals surface area contributed by atoms with Crippen molar-refractivity contribution in [1.82, 2.24) is 0 Å². The van der Waals surface area contributed by atoms with Crippen molar-refractivity contribution in [3.63, 3.8) is 0 Å². The molecule has 1 aromatic rings. The molecule has 0 nitrogen and oxygen atoms in total. The molecule has 1 aromatic heterocycles. The minimum Gasteiger partial charge on any atom is -0.152 e. The predicted molar refractivity (Wildman–Crippen MR) is 64.2 cm³/mol. The van der Waals surface area contributed by atoms with Crippen LogP contribution in [0.15, 0.2) is 16.8 Å². The highest BCUT2D eigenvalue weighted by molar-refractivity contribution is 7.07. The number of halogens is 1. The molecule has 0 spiro atoms. The summed E-state index contributed by atoms with van der Waals surface area (Å²) in [5.41, 5.74) is 1.49. The fraction of sp³-hybridized carbons (Fsp3) is 0.667. The zero-order valence-corrected chi connectivity index (χ0v) is 9.99. The van der Waals surface area contributed by atoms with Crippen LogP contribution in [0.3, 0.4) is 0 Å². The van der Waals surface area contributed by atoms with E-state index in [0.29, 0.717) is 5.38 Å². The van der Waals surface area contributed by atoms with Gasteiger partial charge in [0, 0.05) is 5.38 Å². The zero-order valence-electron chi connectivity index (χ0n) is 8.42. The summed E-state index contributed by atoms with van der Waals surface area (Å²) in [7, 11) is 0. The first-order valence-corrected chi connectivity index (χ1v) is 6.89. The first kappa shape index (κ1) is 10.5. The first-order valence-electron chi connectivity index (χ1n) is 5.51. The number of hydrogen-bond donors (Lipinski definition) is 0. The first-order chi connectivity index (χ1) is 6.86. The van der Waals surface area contributed by atoms with E-state index in [1.807, 2.05) is 0 Å². The van der Waals surface area contributed by atoms with Crippen molar-refractivity contribution in [2.45, 2.75) is 43.9 Å². The fourth-order valence-corrected chi connectivity index (χ4v) is 3.38. The summed E-state index contributed by atoms with van der Waals surface area (Å²) in [5, 5.41) is 4.86. The molecular weight excluding hydrogens is 212 g/mol. The Kier molecular flexibility index (Phi) is 3.89. The number of aryl methyl sites for hydroxylation is 1. The van der Waals surface area contributed by atoms with E-state index in [0.717, 1.165) is 5.92 Å². The average molecular weight is 229 g/mol. The number of thiophene rings is 1. The van der Waals surface area contributed by atoms with Crippen LogP contribution >= 0.6 is 22.9 Å². The molecule has 78 valence electrons. The molecule has 1 heterocycles. The van der Waals surface area contributed by atoms with Crippen molar-refractivity contribution in [2.75, 3.05) is 0 Å². The Balaban J connectivity index is 1.79. The zero-order chi connectivity index (χ0) is 9.80. The van der Waals surface area contributed by atoms with Crippen LogP contribution in [0.1, 0.15) is 37.7 Å². The molecule has 1 fully saturated rings. The van der Waals surface area contributed by atoms with Gasteiger partial charge in [-0.1, -0.05) is 12.8 Å². The molecule has 1 saturated carbocycles. The third-order valence-electron chi connectivity index (χ3n) is 3.20. The Labute approximate surface area is 95.3 Å². The molecule has 2 heteroatoms. The quantitative estimate of drug-likeness (QED) is 0.670. The lowest BCUT2D eigenvalue weighted by molar-refractivity contribution is 0.346. The number of alkyl halides is 1. The molecule has 2 rings (SSSR count). The summed E-state index contributed by atoms with van der Waals surface area (Å²) in [6.45, 7) is 0. The number of hydrogen-bond acceptors (Lipinski definition) is 1. The van der Waals surface area contributed by atoms with Crippen LogP contribution in [0.5, 0.6) is 0 Å². The predicted octanol–water partition coefficient (Wildman–Crippen LogP) is 4.48. The van der Waals surface area contributed by atoms with E-state index >= 15 is 0 Å². The van der Waals surface area contributed by atoms with E-state index in [9.17, 15) is 0 Å². The standard InChI is InChI=1S/C12H17ClS/c13-12-4-2-1-3-11(12)6-5-10-7-8-14-9-10/h7-9,11-12H,1-6H2. The van der Waals surface area contributed by atoms with E-state index in [4.69, 9.17) is 11.6 Å². The Morgan fingerprint density at radius 3 is 2.93 bits per heavy atom. The van der Waals surface area contributed by atoms with Crippen LogP contribution in [0.25, 0.3) is 0 Å². The van der Waals surface area contributed by atoms with Crippen LogP contribution in [0.2, 0.25) is 0 Å². The van der Waals surface area contributed by atoms with Crippen molar-refractivity contribution >= 4 is 22.9 Å². The lowest BCUT2D eigenvalue weighted by atomic mass is 9.85. The second-order valence-corrected chi connectivity index (χ2v) is 5.57. The lowest BCUT2D eigenvalue weighted by Gasteiger charge is -2.26. The minimum atomic E-state index is 0.447. The Hall–Kier alpha value is -0.0100. The molecule has 1 aliphatic rings. The molecule has 0 aliphatic heterocycles. The summed E-state index contributed by atoms with van der Waals surface area (Å²) in [4.78, 5) is 0. The summed E-state index contributed by atoms with van der Waals surface area (Å²) in [5.74, 6) is 0.769. The average Bonchev–Trinajstić information content (AvgIpc) is 2.69. The van der Waals surface area contributed by atoms with E-state index < -0.39 is 0 Å². The van der Waals surface area contributed by atoms with E-state index in [2.05, 4.69) is 16.8 Å². The SMILES string of the molecule is ClC1CCCCC1CCc1ccsc1. The molecule has 0 amide bonds. The van der Waals surface area contributed by atoms with Gasteiger partial charge in [0.05, 0.1) is 0 Å². The lowest BCUT2D eigenvalue weighted by Crippen LogP contribution is -2.20. The summed E-state index contributed by atoms with van der Waals surface area (Å²) in [6, 6.07) is 2.23. The molecule has 0 saturated heterocycles. The summed E-state index contributed by atoms with van der Waals surface area (Å²) >= 11 is 8.12. The maximum Gasteiger partial charge on any atom is 0.0364 e. The molecular formula is C12H17ClS. The third kappa shape index (κ3) is 2.74. The van der Waals surface area contributed by atoms with Crippen molar-refractivity contribution in [3.8, 4) is 0 Å². The molecule has 0 N–H and O–H groups in total. The monoisotopic (exact) mass is 228 g/mol. The van der Waals surface area contributed by atoms with Crippen molar-refractivity contribution in [1.29, 1.82) is 0 Å². The van der Waals surface area contributed by atoms with Gasteiger partial charge in [-0.2, -0.15) is 11.3 Å². The Bertz CT molecular complexity index is 255.